The molecule has 1 aromatic heterocycles. The second kappa shape index (κ2) is 8.01. The summed E-state index contributed by atoms with van der Waals surface area (Å²) in [5.74, 6) is 0.724. The monoisotopic (exact) mass is 378 g/mol. The molecule has 2 aromatic rings. The van der Waals surface area contributed by atoms with Gasteiger partial charge in [-0.15, -0.1) is 10.2 Å². The Morgan fingerprint density at radius 2 is 2.12 bits per heavy atom. The first-order valence-electron chi connectivity index (χ1n) is 7.50. The average Bonchev–Trinajstić information content (AvgIpc) is 2.61. The van der Waals surface area contributed by atoms with Crippen LogP contribution in [0.3, 0.4) is 0 Å². The highest BCUT2D eigenvalue weighted by atomic mass is 35.5. The van der Waals surface area contributed by atoms with Crippen molar-refractivity contribution in [1.82, 2.24) is 15.2 Å². The lowest BCUT2D eigenvalue weighted by Crippen LogP contribution is -2.09. The van der Waals surface area contributed by atoms with Crippen molar-refractivity contribution in [2.45, 2.75) is 24.5 Å². The normalized spacial score (nSPS) is 13.7. The maximum absolute atomic E-state index is 6.25. The van der Waals surface area contributed by atoms with Crippen LogP contribution in [0.15, 0.2) is 41.6 Å². The first-order valence-corrected chi connectivity index (χ1v) is 9.48. The summed E-state index contributed by atoms with van der Waals surface area (Å²) in [5, 5.41) is 13.8. The zero-order valence-electron chi connectivity index (χ0n) is 13.1. The second-order valence-corrected chi connectivity index (χ2v) is 6.86. The predicted octanol–water partition coefficient (Wildman–Crippen LogP) is 5.25. The topological polar surface area (TPSA) is 50.7 Å². The maximum Gasteiger partial charge on any atom is 0.210 e. The molecule has 124 valence electrons. The molecule has 0 radical (unpaired) electrons. The third-order valence-corrected chi connectivity index (χ3v) is 4.75. The van der Waals surface area contributed by atoms with Crippen LogP contribution in [-0.4, -0.2) is 21.4 Å². The predicted molar refractivity (Wildman–Crippen MR) is 102 cm³/mol. The quantitative estimate of drug-likeness (QED) is 0.720. The highest BCUT2D eigenvalue weighted by molar-refractivity contribution is 7.98. The minimum absolute atomic E-state index is 0.540. The van der Waals surface area contributed by atoms with E-state index >= 15 is 0 Å². The fourth-order valence-electron chi connectivity index (χ4n) is 2.38. The van der Waals surface area contributed by atoms with E-state index in [1.54, 1.807) is 6.07 Å². The summed E-state index contributed by atoms with van der Waals surface area (Å²) in [7, 11) is 0. The minimum atomic E-state index is 0.540. The summed E-state index contributed by atoms with van der Waals surface area (Å²) >= 11 is 13.7. The van der Waals surface area contributed by atoms with Gasteiger partial charge in [-0.25, -0.2) is 4.98 Å². The van der Waals surface area contributed by atoms with Gasteiger partial charge in [0.1, 0.15) is 5.69 Å². The Labute approximate surface area is 155 Å². The smallest absolute Gasteiger partial charge is 0.210 e. The summed E-state index contributed by atoms with van der Waals surface area (Å²) in [6.07, 6.45) is 10.1. The molecule has 1 aliphatic carbocycles. The Morgan fingerprint density at radius 3 is 2.83 bits per heavy atom. The molecule has 4 nitrogen and oxygen atoms in total. The lowest BCUT2D eigenvalue weighted by molar-refractivity contribution is 0.822. The molecule has 3 rings (SSSR count). The summed E-state index contributed by atoms with van der Waals surface area (Å²) in [6, 6.07) is 5.47. The second-order valence-electron chi connectivity index (χ2n) is 5.24. The molecular formula is C17H16Cl2N4S. The van der Waals surface area contributed by atoms with Crippen LogP contribution >= 0.6 is 35.0 Å². The Kier molecular flexibility index (Phi) is 5.76. The summed E-state index contributed by atoms with van der Waals surface area (Å²) in [5.41, 5.74) is 2.88. The van der Waals surface area contributed by atoms with Crippen LogP contribution in [0.25, 0.3) is 5.57 Å². The van der Waals surface area contributed by atoms with E-state index in [2.05, 4.69) is 32.7 Å². The molecule has 0 bridgehead atoms. The van der Waals surface area contributed by atoms with Gasteiger partial charge >= 0.3 is 0 Å². The molecule has 0 spiro atoms. The van der Waals surface area contributed by atoms with Gasteiger partial charge in [0.05, 0.1) is 0 Å². The zero-order valence-corrected chi connectivity index (χ0v) is 15.4. The van der Waals surface area contributed by atoms with Crippen molar-refractivity contribution >= 4 is 46.4 Å². The zero-order chi connectivity index (χ0) is 16.9. The van der Waals surface area contributed by atoms with Gasteiger partial charge in [-0.3, -0.25) is 0 Å². The minimum Gasteiger partial charge on any atom is -0.364 e. The number of rotatable bonds is 5. The molecule has 1 N–H and O–H groups in total. The first kappa shape index (κ1) is 17.3. The van der Waals surface area contributed by atoms with E-state index in [-0.39, 0.29) is 0 Å². The van der Waals surface area contributed by atoms with E-state index in [0.29, 0.717) is 21.7 Å². The molecule has 24 heavy (non-hydrogen) atoms. The van der Waals surface area contributed by atoms with Crippen LogP contribution < -0.4 is 5.32 Å². The van der Waals surface area contributed by atoms with Crippen LogP contribution in [0, 0.1) is 0 Å². The molecule has 0 unspecified atom stereocenters. The van der Waals surface area contributed by atoms with Gasteiger partial charge in [-0.2, -0.15) is 0 Å². The van der Waals surface area contributed by atoms with Crippen molar-refractivity contribution in [1.29, 1.82) is 0 Å². The highest BCUT2D eigenvalue weighted by Gasteiger charge is 2.14. The lowest BCUT2D eigenvalue weighted by atomic mass is 10.0. The molecule has 1 aromatic carbocycles. The van der Waals surface area contributed by atoms with Crippen molar-refractivity contribution in [3.8, 4) is 0 Å². The number of nitrogens with one attached hydrogen (secondary N) is 1. The summed E-state index contributed by atoms with van der Waals surface area (Å²) in [6.45, 7) is 0.540. The van der Waals surface area contributed by atoms with E-state index in [1.807, 2.05) is 24.5 Å². The number of hydrogen-bond acceptors (Lipinski definition) is 5. The number of aromatic nitrogens is 3. The van der Waals surface area contributed by atoms with Gasteiger partial charge in [-0.05, 0) is 42.4 Å². The van der Waals surface area contributed by atoms with Crippen LogP contribution in [-0.2, 0) is 6.54 Å². The number of benzene rings is 1. The lowest BCUT2D eigenvalue weighted by Gasteiger charge is -2.14. The van der Waals surface area contributed by atoms with E-state index in [4.69, 9.17) is 23.2 Å². The molecule has 0 fully saturated rings. The molecule has 1 aliphatic rings. The number of nitrogens with zero attached hydrogens (tertiary/aromatic N) is 3. The van der Waals surface area contributed by atoms with E-state index in [1.165, 1.54) is 11.8 Å². The van der Waals surface area contributed by atoms with E-state index in [0.717, 1.165) is 35.5 Å². The van der Waals surface area contributed by atoms with Gasteiger partial charge in [0.15, 0.2) is 5.82 Å². The first-order chi connectivity index (χ1) is 11.7. The van der Waals surface area contributed by atoms with Gasteiger partial charge in [0.2, 0.25) is 5.16 Å². The molecule has 0 aliphatic heterocycles. The fourth-order valence-corrected chi connectivity index (χ4v) is 3.16. The number of hydrogen-bond donors (Lipinski definition) is 1. The SMILES string of the molecule is CSc1nnc(C2=CC=CCC2)c(NCc2ccc(Cl)cc2Cl)n1. The maximum atomic E-state index is 6.25. The van der Waals surface area contributed by atoms with Gasteiger partial charge < -0.3 is 5.32 Å². The Hall–Kier alpha value is -1.56. The average molecular weight is 379 g/mol. The van der Waals surface area contributed by atoms with Crippen LogP contribution in [0.2, 0.25) is 10.0 Å². The van der Waals surface area contributed by atoms with E-state index < -0.39 is 0 Å². The van der Waals surface area contributed by atoms with Crippen molar-refractivity contribution in [3.63, 3.8) is 0 Å². The Bertz CT molecular complexity index is 805. The van der Waals surface area contributed by atoms with Crippen molar-refractivity contribution < 1.29 is 0 Å². The van der Waals surface area contributed by atoms with Crippen molar-refractivity contribution in [2.75, 3.05) is 11.6 Å². The van der Waals surface area contributed by atoms with E-state index in [9.17, 15) is 0 Å². The molecule has 0 saturated carbocycles. The van der Waals surface area contributed by atoms with Crippen molar-refractivity contribution in [2.24, 2.45) is 0 Å². The number of allylic oxidation sites excluding steroid dienone is 4. The van der Waals surface area contributed by atoms with Gasteiger partial charge in [0, 0.05) is 16.6 Å². The summed E-state index contributed by atoms with van der Waals surface area (Å²) < 4.78 is 0. The number of halogens is 2. The molecule has 1 heterocycles. The molecule has 0 saturated heterocycles. The third-order valence-electron chi connectivity index (χ3n) is 3.63. The highest BCUT2D eigenvalue weighted by Crippen LogP contribution is 2.28. The Balaban J connectivity index is 1.87. The largest absolute Gasteiger partial charge is 0.364 e. The molecule has 7 heteroatoms. The molecule has 0 amide bonds. The standard InChI is InChI=1S/C17H16Cl2N4S/c1-24-17-21-16(15(22-23-17)11-5-3-2-4-6-11)20-10-12-7-8-13(18)9-14(12)19/h2-3,5,7-9H,4,6,10H2,1H3,(H,20,21,23). The number of thioether (sulfide) groups is 1. The molecular weight excluding hydrogens is 363 g/mol. The van der Waals surface area contributed by atoms with Crippen LogP contribution in [0.4, 0.5) is 5.82 Å². The van der Waals surface area contributed by atoms with Crippen LogP contribution in [0.1, 0.15) is 24.1 Å². The third kappa shape index (κ3) is 4.09. The van der Waals surface area contributed by atoms with Gasteiger partial charge in [0.25, 0.3) is 0 Å². The Morgan fingerprint density at radius 1 is 1.25 bits per heavy atom. The number of anilines is 1. The van der Waals surface area contributed by atoms with Crippen molar-refractivity contribution in [3.05, 3.63) is 57.7 Å². The molecule has 0 atom stereocenters. The summed E-state index contributed by atoms with van der Waals surface area (Å²) in [4.78, 5) is 4.57. The fraction of sp³-hybridized carbons (Fsp3) is 0.235. The van der Waals surface area contributed by atoms with Gasteiger partial charge in [-0.1, -0.05) is 59.3 Å². The van der Waals surface area contributed by atoms with Crippen LogP contribution in [0.5, 0.6) is 0 Å².